The average molecular weight is 519 g/mol. The largest absolute Gasteiger partial charge is 0.497 e. The summed E-state index contributed by atoms with van der Waals surface area (Å²) in [5, 5.41) is 0.885. The molecule has 0 bridgehead atoms. The first-order chi connectivity index (χ1) is 17.0. The van der Waals surface area contributed by atoms with Gasteiger partial charge in [0.1, 0.15) is 5.75 Å². The fraction of sp³-hybridized carbons (Fsp3) is 0.143. The normalized spacial score (nSPS) is 16.9. The van der Waals surface area contributed by atoms with Gasteiger partial charge in [0.25, 0.3) is 5.56 Å². The van der Waals surface area contributed by atoms with E-state index >= 15 is 0 Å². The van der Waals surface area contributed by atoms with Gasteiger partial charge in [-0.05, 0) is 59.4 Å². The molecule has 0 saturated carbocycles. The maximum absolute atomic E-state index is 13.8. The molecule has 2 heterocycles. The lowest BCUT2D eigenvalue weighted by Crippen LogP contribution is -2.38. The van der Waals surface area contributed by atoms with E-state index in [1.807, 2.05) is 47.0 Å². The van der Waals surface area contributed by atoms with Gasteiger partial charge in [0.15, 0.2) is 4.80 Å². The van der Waals surface area contributed by atoms with Crippen LogP contribution < -0.4 is 19.6 Å². The van der Waals surface area contributed by atoms with Crippen LogP contribution in [0.25, 0.3) is 11.8 Å². The van der Waals surface area contributed by atoms with E-state index in [1.54, 1.807) is 19.3 Å². The number of allylic oxidation sites excluding steroid dienone is 1. The molecule has 0 amide bonds. The highest BCUT2D eigenvalue weighted by atomic mass is 35.5. The Labute approximate surface area is 216 Å². The third-order valence-corrected chi connectivity index (χ3v) is 8.39. The molecule has 0 fully saturated rings. The van der Waals surface area contributed by atoms with Crippen LogP contribution in [0.2, 0.25) is 10.0 Å². The number of aromatic nitrogens is 1. The molecule has 0 radical (unpaired) electrons. The Morgan fingerprint density at radius 3 is 2.63 bits per heavy atom. The number of hydrogen-bond donors (Lipinski definition) is 0. The molecular formula is C28H20Cl2N2O2S. The third-order valence-electron chi connectivity index (χ3n) is 6.57. The Bertz CT molecular complexity index is 1680. The van der Waals surface area contributed by atoms with Gasteiger partial charge in [-0.3, -0.25) is 9.36 Å². The van der Waals surface area contributed by atoms with Gasteiger partial charge in [-0.2, -0.15) is 0 Å². The number of methoxy groups -OCH3 is 1. The summed E-state index contributed by atoms with van der Waals surface area (Å²) in [5.74, 6) is 0.778. The molecular weight excluding hydrogens is 499 g/mol. The van der Waals surface area contributed by atoms with Crippen molar-refractivity contribution >= 4 is 46.3 Å². The first-order valence-corrected chi connectivity index (χ1v) is 12.8. The zero-order valence-electron chi connectivity index (χ0n) is 18.8. The van der Waals surface area contributed by atoms with Crippen molar-refractivity contribution in [1.82, 2.24) is 4.57 Å². The molecule has 0 saturated heterocycles. The monoisotopic (exact) mass is 518 g/mol. The molecule has 1 aliphatic heterocycles. The topological polar surface area (TPSA) is 43.6 Å². The average Bonchev–Trinajstić information content (AvgIpc) is 3.20. The number of fused-ring (bicyclic) bond motifs is 3. The highest BCUT2D eigenvalue weighted by molar-refractivity contribution is 7.07. The van der Waals surface area contributed by atoms with Crippen LogP contribution in [-0.2, 0) is 6.42 Å². The molecule has 35 heavy (non-hydrogen) atoms. The predicted molar refractivity (Wildman–Crippen MR) is 142 cm³/mol. The molecule has 1 aliphatic carbocycles. The van der Waals surface area contributed by atoms with Crippen molar-refractivity contribution in [2.45, 2.75) is 18.9 Å². The maximum atomic E-state index is 13.8. The van der Waals surface area contributed by atoms with E-state index in [1.165, 1.54) is 16.9 Å². The quantitative estimate of drug-likeness (QED) is 0.352. The van der Waals surface area contributed by atoms with Gasteiger partial charge in [0.2, 0.25) is 0 Å². The Kier molecular flexibility index (Phi) is 5.64. The molecule has 6 rings (SSSR count). The molecule has 0 spiro atoms. The van der Waals surface area contributed by atoms with Crippen LogP contribution in [0.5, 0.6) is 5.75 Å². The van der Waals surface area contributed by atoms with Crippen molar-refractivity contribution in [2.24, 2.45) is 4.99 Å². The fourth-order valence-electron chi connectivity index (χ4n) is 4.88. The first-order valence-electron chi connectivity index (χ1n) is 11.3. The summed E-state index contributed by atoms with van der Waals surface area (Å²) in [4.78, 5) is 19.5. The van der Waals surface area contributed by atoms with Crippen molar-refractivity contribution in [2.75, 3.05) is 7.11 Å². The van der Waals surface area contributed by atoms with Gasteiger partial charge in [-0.1, -0.05) is 83.1 Å². The van der Waals surface area contributed by atoms with Gasteiger partial charge in [0.05, 0.1) is 33.4 Å². The molecule has 4 nitrogen and oxygen atoms in total. The van der Waals surface area contributed by atoms with Gasteiger partial charge >= 0.3 is 0 Å². The Balaban J connectivity index is 1.62. The molecule has 2 aliphatic rings. The zero-order chi connectivity index (χ0) is 24.1. The van der Waals surface area contributed by atoms with Crippen molar-refractivity contribution in [3.63, 3.8) is 0 Å². The molecule has 1 aromatic heterocycles. The van der Waals surface area contributed by atoms with E-state index in [0.29, 0.717) is 24.9 Å². The number of ether oxygens (including phenoxy) is 1. The second kappa shape index (κ2) is 8.83. The molecule has 1 atom stereocenters. The summed E-state index contributed by atoms with van der Waals surface area (Å²) in [6.07, 6.45) is 3.57. The Morgan fingerprint density at radius 1 is 1.03 bits per heavy atom. The second-order valence-electron chi connectivity index (χ2n) is 8.53. The highest BCUT2D eigenvalue weighted by Crippen LogP contribution is 2.41. The van der Waals surface area contributed by atoms with Crippen LogP contribution in [0.3, 0.4) is 0 Å². The Hall–Kier alpha value is -3.12. The summed E-state index contributed by atoms with van der Waals surface area (Å²) in [7, 11) is 1.65. The molecule has 174 valence electrons. The van der Waals surface area contributed by atoms with Crippen LogP contribution in [0.1, 0.15) is 34.7 Å². The number of rotatable bonds is 3. The molecule has 3 aromatic carbocycles. The van der Waals surface area contributed by atoms with E-state index in [-0.39, 0.29) is 11.6 Å². The molecule has 4 aromatic rings. The molecule has 0 unspecified atom stereocenters. The summed E-state index contributed by atoms with van der Waals surface area (Å²) in [5.41, 5.74) is 6.21. The first kappa shape index (κ1) is 22.4. The number of halogens is 2. The lowest BCUT2D eigenvalue weighted by molar-refractivity contribution is 0.414. The van der Waals surface area contributed by atoms with Crippen LogP contribution >= 0.6 is 34.5 Å². The second-order valence-corrected chi connectivity index (χ2v) is 10.3. The van der Waals surface area contributed by atoms with E-state index in [2.05, 4.69) is 18.2 Å². The summed E-state index contributed by atoms with van der Waals surface area (Å²) in [6.45, 7) is 0. The lowest BCUT2D eigenvalue weighted by atomic mass is 9.83. The van der Waals surface area contributed by atoms with Crippen LogP contribution in [0, 0.1) is 0 Å². The van der Waals surface area contributed by atoms with E-state index in [0.717, 1.165) is 41.0 Å². The number of aryl methyl sites for hydroxylation is 1. The van der Waals surface area contributed by atoms with E-state index < -0.39 is 0 Å². The van der Waals surface area contributed by atoms with Gasteiger partial charge < -0.3 is 4.74 Å². The minimum Gasteiger partial charge on any atom is -0.497 e. The number of thiazole rings is 1. The van der Waals surface area contributed by atoms with E-state index in [4.69, 9.17) is 32.9 Å². The minimum atomic E-state index is -0.238. The number of nitrogens with zero attached hydrogens (tertiary/aromatic N) is 2. The third kappa shape index (κ3) is 3.75. The summed E-state index contributed by atoms with van der Waals surface area (Å²) >= 11 is 14.0. The number of benzene rings is 3. The van der Waals surface area contributed by atoms with Crippen LogP contribution in [0.15, 0.2) is 82.1 Å². The predicted octanol–water partition coefficient (Wildman–Crippen LogP) is 5.63. The summed E-state index contributed by atoms with van der Waals surface area (Å²) < 4.78 is 7.76. The molecule has 7 heteroatoms. The standard InChI is InChI=1S/C28H20Cl2N2O2S/c1-34-19-12-9-17(10-13-19)26-21-14-11-16-5-2-3-7-20(16)25(21)31-28-32(26)27(33)23(35-28)15-18-6-4-8-22(29)24(18)30/h2-10,12-13,15,26H,11,14H2,1H3/b23-15+/t26-/m1/s1. The minimum absolute atomic E-state index is 0.0870. The van der Waals surface area contributed by atoms with Gasteiger partial charge in [-0.25, -0.2) is 4.99 Å². The Morgan fingerprint density at radius 2 is 1.83 bits per heavy atom. The highest BCUT2D eigenvalue weighted by Gasteiger charge is 2.32. The van der Waals surface area contributed by atoms with Gasteiger partial charge in [0, 0.05) is 5.56 Å². The van der Waals surface area contributed by atoms with E-state index in [9.17, 15) is 4.79 Å². The van der Waals surface area contributed by atoms with Crippen LogP contribution in [0.4, 0.5) is 0 Å². The van der Waals surface area contributed by atoms with Gasteiger partial charge in [-0.15, -0.1) is 0 Å². The van der Waals surface area contributed by atoms with Crippen LogP contribution in [-0.4, -0.2) is 11.7 Å². The number of hydrogen-bond acceptors (Lipinski definition) is 4. The SMILES string of the molecule is COc1ccc([C@@H]2C3=C(N=c4s/c(=C/c5cccc(Cl)c5Cl)c(=O)n42)c2ccccc2CC3)cc1. The van der Waals surface area contributed by atoms with Crippen molar-refractivity contribution in [3.8, 4) is 5.75 Å². The maximum Gasteiger partial charge on any atom is 0.271 e. The summed E-state index contributed by atoms with van der Waals surface area (Å²) in [6, 6.07) is 21.5. The fourth-order valence-corrected chi connectivity index (χ4v) is 6.24. The smallest absolute Gasteiger partial charge is 0.271 e. The zero-order valence-corrected chi connectivity index (χ0v) is 21.1. The lowest BCUT2D eigenvalue weighted by Gasteiger charge is -2.30. The molecule has 0 N–H and O–H groups in total. The van der Waals surface area contributed by atoms with Crippen molar-refractivity contribution in [3.05, 3.63) is 124 Å². The van der Waals surface area contributed by atoms with Crippen molar-refractivity contribution in [1.29, 1.82) is 0 Å². The van der Waals surface area contributed by atoms with Crippen molar-refractivity contribution < 1.29 is 4.74 Å².